The summed E-state index contributed by atoms with van der Waals surface area (Å²) in [6.45, 7) is 2.26. The van der Waals surface area contributed by atoms with Gasteiger partial charge in [-0.25, -0.2) is 0 Å². The Morgan fingerprint density at radius 1 is 0.821 bits per heavy atom. The maximum Gasteiger partial charge on any atom is 0.306 e. The summed E-state index contributed by atoms with van der Waals surface area (Å²) in [6, 6.07) is 0. The van der Waals surface area contributed by atoms with E-state index in [1.807, 2.05) is 0 Å². The van der Waals surface area contributed by atoms with Crippen molar-refractivity contribution in [1.82, 2.24) is 0 Å². The topological polar surface area (TPSA) is 52.6 Å². The van der Waals surface area contributed by atoms with Crippen molar-refractivity contribution < 1.29 is 19.1 Å². The van der Waals surface area contributed by atoms with Gasteiger partial charge in [-0.2, -0.15) is 11.8 Å². The lowest BCUT2D eigenvalue weighted by molar-refractivity contribution is -0.141. The number of unbranched alkanes of at least 4 members (excludes halogenated alkanes) is 10. The lowest BCUT2D eigenvalue weighted by atomic mass is 10.1. The molecule has 28 heavy (non-hydrogen) atoms. The first-order valence-corrected chi connectivity index (χ1v) is 12.1. The maximum absolute atomic E-state index is 11.4. The second kappa shape index (κ2) is 20.8. The summed E-state index contributed by atoms with van der Waals surface area (Å²) >= 11 is 1.71. The van der Waals surface area contributed by atoms with E-state index in [1.54, 1.807) is 11.8 Å². The van der Waals surface area contributed by atoms with E-state index < -0.39 is 0 Å². The predicted octanol–water partition coefficient (Wildman–Crippen LogP) is 6.47. The van der Waals surface area contributed by atoms with Crippen molar-refractivity contribution in [2.75, 3.05) is 20.0 Å². The van der Waals surface area contributed by atoms with Crippen LogP contribution in [0.3, 0.4) is 0 Å². The molecule has 0 heterocycles. The van der Waals surface area contributed by atoms with Gasteiger partial charge in [0.25, 0.3) is 0 Å². The summed E-state index contributed by atoms with van der Waals surface area (Å²) in [4.78, 5) is 22.6. The zero-order valence-corrected chi connectivity index (χ0v) is 19.2. The highest BCUT2D eigenvalue weighted by Gasteiger charge is 2.10. The summed E-state index contributed by atoms with van der Waals surface area (Å²) in [5.41, 5.74) is 0. The Hall–Kier alpha value is -0.970. The molecule has 5 heteroatoms. The minimum absolute atomic E-state index is 0.179. The first kappa shape index (κ1) is 27.0. The molecule has 4 nitrogen and oxygen atoms in total. The van der Waals surface area contributed by atoms with Crippen LogP contribution in [0.5, 0.6) is 0 Å². The lowest BCUT2D eigenvalue weighted by Gasteiger charge is -2.11. The summed E-state index contributed by atoms with van der Waals surface area (Å²) in [6.07, 6.45) is 20.6. The van der Waals surface area contributed by atoms with Gasteiger partial charge in [0.05, 0.1) is 20.6 Å². The maximum atomic E-state index is 11.4. The number of allylic oxidation sites excluding steroid dienone is 1. The van der Waals surface area contributed by atoms with Crippen molar-refractivity contribution in [1.29, 1.82) is 0 Å². The van der Waals surface area contributed by atoms with E-state index in [0.29, 0.717) is 18.6 Å². The van der Waals surface area contributed by atoms with Crippen LogP contribution >= 0.6 is 11.8 Å². The second-order valence-electron chi connectivity index (χ2n) is 7.25. The van der Waals surface area contributed by atoms with Crippen molar-refractivity contribution in [2.24, 2.45) is 0 Å². The minimum atomic E-state index is -0.187. The van der Waals surface area contributed by atoms with Crippen molar-refractivity contribution >= 4 is 23.7 Å². The van der Waals surface area contributed by atoms with Crippen LogP contribution in [-0.4, -0.2) is 37.2 Å². The SMILES string of the molecule is CCCCCCCCCCCCC=CC(CCC(=O)OC)SCCC(=O)OC. The van der Waals surface area contributed by atoms with E-state index in [0.717, 1.165) is 12.8 Å². The Balaban J connectivity index is 3.87. The molecule has 0 aromatic carbocycles. The van der Waals surface area contributed by atoms with Crippen molar-refractivity contribution in [3.63, 3.8) is 0 Å². The highest BCUT2D eigenvalue weighted by molar-refractivity contribution is 8.00. The van der Waals surface area contributed by atoms with Crippen LogP contribution in [0.1, 0.15) is 96.8 Å². The van der Waals surface area contributed by atoms with Gasteiger partial charge in [-0.1, -0.05) is 76.9 Å². The summed E-state index contributed by atoms with van der Waals surface area (Å²) in [5.74, 6) is 0.344. The third kappa shape index (κ3) is 18.4. The Morgan fingerprint density at radius 3 is 1.93 bits per heavy atom. The van der Waals surface area contributed by atoms with Crippen LogP contribution < -0.4 is 0 Å². The molecule has 0 saturated heterocycles. The number of rotatable bonds is 19. The summed E-state index contributed by atoms with van der Waals surface area (Å²) < 4.78 is 9.41. The molecule has 1 unspecified atom stereocenters. The van der Waals surface area contributed by atoms with E-state index in [9.17, 15) is 9.59 Å². The first-order chi connectivity index (χ1) is 13.6. The number of methoxy groups -OCH3 is 2. The van der Waals surface area contributed by atoms with E-state index in [1.165, 1.54) is 78.4 Å². The van der Waals surface area contributed by atoms with Gasteiger partial charge in [0.2, 0.25) is 0 Å². The van der Waals surface area contributed by atoms with Crippen molar-refractivity contribution in [3.05, 3.63) is 12.2 Å². The number of hydrogen-bond acceptors (Lipinski definition) is 5. The molecule has 0 fully saturated rings. The van der Waals surface area contributed by atoms with E-state index in [4.69, 9.17) is 4.74 Å². The van der Waals surface area contributed by atoms with Crippen molar-refractivity contribution in [2.45, 2.75) is 102 Å². The molecule has 0 aliphatic rings. The Kier molecular flexibility index (Phi) is 20.0. The van der Waals surface area contributed by atoms with Crippen LogP contribution in [0.25, 0.3) is 0 Å². The number of esters is 2. The van der Waals surface area contributed by atoms with Gasteiger partial charge in [-0.15, -0.1) is 0 Å². The average molecular weight is 415 g/mol. The van der Waals surface area contributed by atoms with Crippen LogP contribution in [0.4, 0.5) is 0 Å². The summed E-state index contributed by atoms with van der Waals surface area (Å²) in [5, 5.41) is 0.242. The number of thioether (sulfide) groups is 1. The third-order valence-corrected chi connectivity index (χ3v) is 6.06. The molecule has 0 radical (unpaired) electrons. The molecule has 0 aliphatic heterocycles. The summed E-state index contributed by atoms with van der Waals surface area (Å²) in [7, 11) is 2.83. The molecule has 0 N–H and O–H groups in total. The van der Waals surface area contributed by atoms with Crippen molar-refractivity contribution in [3.8, 4) is 0 Å². The number of carbonyl (C=O) groups is 2. The largest absolute Gasteiger partial charge is 0.469 e. The molecule has 0 spiro atoms. The van der Waals surface area contributed by atoms with Gasteiger partial charge in [-0.05, 0) is 19.3 Å². The van der Waals surface area contributed by atoms with Crippen LogP contribution in [-0.2, 0) is 19.1 Å². The highest BCUT2D eigenvalue weighted by atomic mass is 32.2. The van der Waals surface area contributed by atoms with E-state index >= 15 is 0 Å². The van der Waals surface area contributed by atoms with Gasteiger partial charge in [0.1, 0.15) is 0 Å². The fourth-order valence-electron chi connectivity index (χ4n) is 2.99. The number of ether oxygens (including phenoxy) is 2. The molecular weight excluding hydrogens is 372 g/mol. The minimum Gasteiger partial charge on any atom is -0.469 e. The first-order valence-electron chi connectivity index (χ1n) is 11.1. The molecule has 0 aliphatic carbocycles. The predicted molar refractivity (Wildman–Crippen MR) is 120 cm³/mol. The monoisotopic (exact) mass is 414 g/mol. The molecular formula is C23H42O4S. The van der Waals surface area contributed by atoms with E-state index in [-0.39, 0.29) is 17.2 Å². The number of carbonyl (C=O) groups excluding carboxylic acids is 2. The molecule has 0 aromatic heterocycles. The zero-order valence-electron chi connectivity index (χ0n) is 18.4. The fourth-order valence-corrected chi connectivity index (χ4v) is 4.08. The standard InChI is InChI=1S/C23H42O4S/c1-4-5-6-7-8-9-10-11-12-13-14-15-16-21(17-18-22(24)26-2)28-20-19-23(25)27-3/h15-16,21H,4-14,17-20H2,1-3H3. The Labute approximate surface area is 177 Å². The number of hydrogen-bond donors (Lipinski definition) is 0. The average Bonchev–Trinajstić information content (AvgIpc) is 2.71. The molecule has 0 amide bonds. The smallest absolute Gasteiger partial charge is 0.306 e. The lowest BCUT2D eigenvalue weighted by Crippen LogP contribution is -2.08. The fraction of sp³-hybridized carbons (Fsp3) is 0.826. The highest BCUT2D eigenvalue weighted by Crippen LogP contribution is 2.20. The quantitative estimate of drug-likeness (QED) is 0.138. The molecule has 0 aromatic rings. The van der Waals surface area contributed by atoms with Crippen LogP contribution in [0, 0.1) is 0 Å². The molecule has 1 atom stereocenters. The zero-order chi connectivity index (χ0) is 20.9. The third-order valence-electron chi connectivity index (χ3n) is 4.80. The molecule has 0 saturated carbocycles. The molecule has 0 bridgehead atoms. The molecule has 0 rings (SSSR count). The Morgan fingerprint density at radius 2 is 1.36 bits per heavy atom. The van der Waals surface area contributed by atoms with Gasteiger partial charge in [-0.3, -0.25) is 9.59 Å². The van der Waals surface area contributed by atoms with Gasteiger partial charge in [0, 0.05) is 17.4 Å². The van der Waals surface area contributed by atoms with Gasteiger partial charge in [0.15, 0.2) is 0 Å². The second-order valence-corrected chi connectivity index (χ2v) is 8.60. The molecule has 164 valence electrons. The van der Waals surface area contributed by atoms with Crippen LogP contribution in [0.2, 0.25) is 0 Å². The Bertz CT molecular complexity index is 409. The van der Waals surface area contributed by atoms with Crippen LogP contribution in [0.15, 0.2) is 12.2 Å². The van der Waals surface area contributed by atoms with Gasteiger partial charge < -0.3 is 9.47 Å². The normalized spacial score (nSPS) is 12.2. The van der Waals surface area contributed by atoms with Gasteiger partial charge >= 0.3 is 11.9 Å². The van der Waals surface area contributed by atoms with E-state index in [2.05, 4.69) is 23.8 Å².